The normalized spacial score (nSPS) is 18.8. The number of carbonyl (C=O) groups is 1. The first kappa shape index (κ1) is 26.7. The van der Waals surface area contributed by atoms with Gasteiger partial charge in [0.25, 0.3) is 0 Å². The van der Waals surface area contributed by atoms with Gasteiger partial charge >= 0.3 is 5.97 Å². The van der Waals surface area contributed by atoms with Gasteiger partial charge in [-0.15, -0.1) is 11.3 Å². The largest absolute Gasteiger partial charge is 0.488 e. The van der Waals surface area contributed by atoms with Crippen LogP contribution in [0, 0.1) is 19.8 Å². The second-order valence-electron chi connectivity index (χ2n) is 10.4. The maximum atomic E-state index is 11.4. The van der Waals surface area contributed by atoms with Gasteiger partial charge in [-0.2, -0.15) is 0 Å². The number of hydrogen-bond acceptors (Lipinski definition) is 7. The number of aliphatic carboxylic acids is 1. The number of ether oxygens (including phenoxy) is 2. The lowest BCUT2D eigenvalue weighted by Gasteiger charge is -2.26. The van der Waals surface area contributed by atoms with Gasteiger partial charge in [0.15, 0.2) is 5.13 Å². The van der Waals surface area contributed by atoms with E-state index in [-0.39, 0.29) is 5.92 Å². The van der Waals surface area contributed by atoms with E-state index in [2.05, 4.69) is 59.4 Å². The Morgan fingerprint density at radius 1 is 1.11 bits per heavy atom. The van der Waals surface area contributed by atoms with Crippen molar-refractivity contribution in [3.63, 3.8) is 0 Å². The predicted molar refractivity (Wildman–Crippen MR) is 151 cm³/mol. The summed E-state index contributed by atoms with van der Waals surface area (Å²) in [5.41, 5.74) is 6.79. The second-order valence-corrected chi connectivity index (χ2v) is 11.2. The number of carboxylic acids is 1. The monoisotopic (exact) mass is 535 g/mol. The molecule has 3 aromatic rings. The molecule has 2 fully saturated rings. The number of aryl methyl sites for hydroxylation is 2. The van der Waals surface area contributed by atoms with Gasteiger partial charge < -0.3 is 19.5 Å². The molecule has 2 aliphatic rings. The summed E-state index contributed by atoms with van der Waals surface area (Å²) in [6, 6.07) is 12.9. The molecule has 0 saturated carbocycles. The van der Waals surface area contributed by atoms with Crippen LogP contribution in [-0.2, 0) is 22.7 Å². The molecule has 8 heteroatoms. The molecule has 7 nitrogen and oxygen atoms in total. The first-order valence-corrected chi connectivity index (χ1v) is 14.4. The van der Waals surface area contributed by atoms with Gasteiger partial charge in [0, 0.05) is 43.7 Å². The van der Waals surface area contributed by atoms with Crippen molar-refractivity contribution in [2.75, 3.05) is 44.3 Å². The summed E-state index contributed by atoms with van der Waals surface area (Å²) >= 11 is 1.62. The number of benzene rings is 2. The molecule has 1 atom stereocenters. The Morgan fingerprint density at radius 3 is 2.74 bits per heavy atom. The summed E-state index contributed by atoms with van der Waals surface area (Å²) in [5.74, 6) is -0.116. The molecule has 1 unspecified atom stereocenters. The van der Waals surface area contributed by atoms with Crippen molar-refractivity contribution in [2.24, 2.45) is 5.92 Å². The molecule has 0 aliphatic carbocycles. The fraction of sp³-hybridized carbons (Fsp3) is 0.467. The van der Waals surface area contributed by atoms with Gasteiger partial charge in [0.05, 0.1) is 24.8 Å². The molecule has 1 N–H and O–H groups in total. The highest BCUT2D eigenvalue weighted by molar-refractivity contribution is 7.14. The molecule has 0 bridgehead atoms. The second kappa shape index (κ2) is 12.3. The topological polar surface area (TPSA) is 75.1 Å². The van der Waals surface area contributed by atoms with Gasteiger partial charge in [-0.25, -0.2) is 4.98 Å². The number of morpholine rings is 1. The molecule has 0 spiro atoms. The third-order valence-electron chi connectivity index (χ3n) is 7.55. The van der Waals surface area contributed by atoms with E-state index in [1.54, 1.807) is 11.3 Å². The van der Waals surface area contributed by atoms with E-state index in [1.807, 2.05) is 6.07 Å². The average Bonchev–Trinajstić information content (AvgIpc) is 3.26. The van der Waals surface area contributed by atoms with E-state index in [0.29, 0.717) is 13.0 Å². The van der Waals surface area contributed by atoms with Gasteiger partial charge in [-0.1, -0.05) is 29.8 Å². The number of aromatic nitrogens is 1. The van der Waals surface area contributed by atoms with Crippen molar-refractivity contribution in [1.82, 2.24) is 9.88 Å². The van der Waals surface area contributed by atoms with Crippen LogP contribution in [-0.4, -0.2) is 60.4 Å². The van der Waals surface area contributed by atoms with Gasteiger partial charge in [0.1, 0.15) is 12.4 Å². The zero-order valence-electron chi connectivity index (χ0n) is 22.3. The molecule has 3 heterocycles. The smallest absolute Gasteiger partial charge is 0.306 e. The molecule has 2 aromatic carbocycles. The van der Waals surface area contributed by atoms with Crippen LogP contribution in [0.5, 0.6) is 5.75 Å². The van der Waals surface area contributed by atoms with Gasteiger partial charge in [-0.3, -0.25) is 9.69 Å². The van der Waals surface area contributed by atoms with E-state index < -0.39 is 5.97 Å². The standard InChI is InChI=1S/C30H37N3O4S/c1-21-5-8-28(37-19-25-7-6-23(17-22(25)2)18-32-12-14-36-15-13-32)26(16-21)27-20-38-30(31-27)33-10-3-4-24(9-11-33)29(34)35/h5-8,16-17,20,24H,3-4,9-15,18-19H2,1-2H3,(H,34,35). The number of rotatable bonds is 8. The maximum Gasteiger partial charge on any atom is 0.306 e. The number of anilines is 1. The summed E-state index contributed by atoms with van der Waals surface area (Å²) in [5, 5.41) is 12.4. The molecule has 0 radical (unpaired) electrons. The highest BCUT2D eigenvalue weighted by Crippen LogP contribution is 2.35. The van der Waals surface area contributed by atoms with Crippen molar-refractivity contribution in [3.05, 3.63) is 64.0 Å². The third-order valence-corrected chi connectivity index (χ3v) is 8.45. The molecule has 5 rings (SSSR count). The van der Waals surface area contributed by atoms with Gasteiger partial charge in [-0.05, 0) is 61.9 Å². The van der Waals surface area contributed by atoms with Crippen molar-refractivity contribution in [3.8, 4) is 17.0 Å². The highest BCUT2D eigenvalue weighted by Gasteiger charge is 2.24. The van der Waals surface area contributed by atoms with Crippen LogP contribution >= 0.6 is 11.3 Å². The highest BCUT2D eigenvalue weighted by atomic mass is 32.1. The van der Waals surface area contributed by atoms with Crippen LogP contribution in [0.2, 0.25) is 0 Å². The summed E-state index contributed by atoms with van der Waals surface area (Å²) in [6.45, 7) is 10.8. The number of thiazole rings is 1. The lowest BCUT2D eigenvalue weighted by molar-refractivity contribution is -0.142. The number of hydrogen-bond donors (Lipinski definition) is 1. The summed E-state index contributed by atoms with van der Waals surface area (Å²) < 4.78 is 11.8. The van der Waals surface area contributed by atoms with Crippen LogP contribution in [0.25, 0.3) is 11.3 Å². The first-order chi connectivity index (χ1) is 18.5. The van der Waals surface area contributed by atoms with Crippen LogP contribution in [0.1, 0.15) is 41.5 Å². The van der Waals surface area contributed by atoms with Crippen LogP contribution in [0.3, 0.4) is 0 Å². The lowest BCUT2D eigenvalue weighted by Crippen LogP contribution is -2.35. The maximum absolute atomic E-state index is 11.4. The number of carboxylic acid groups (broad SMARTS) is 1. The van der Waals surface area contributed by atoms with Crippen LogP contribution in [0.4, 0.5) is 5.13 Å². The Kier molecular flexibility index (Phi) is 8.61. The summed E-state index contributed by atoms with van der Waals surface area (Å²) in [6.07, 6.45) is 2.26. The van der Waals surface area contributed by atoms with Crippen molar-refractivity contribution in [2.45, 2.75) is 46.3 Å². The lowest BCUT2D eigenvalue weighted by atomic mass is 10.0. The van der Waals surface area contributed by atoms with E-state index in [9.17, 15) is 9.90 Å². The minimum atomic E-state index is -0.685. The SMILES string of the molecule is Cc1ccc(OCc2ccc(CN3CCOCC3)cc2C)c(-c2csc(N3CCCC(C(=O)O)CC3)n2)c1. The zero-order valence-corrected chi connectivity index (χ0v) is 23.1. The molecule has 1 aromatic heterocycles. The number of nitrogens with zero attached hydrogens (tertiary/aromatic N) is 3. The Labute approximate surface area is 229 Å². The minimum Gasteiger partial charge on any atom is -0.488 e. The minimum absolute atomic E-state index is 0.256. The van der Waals surface area contributed by atoms with E-state index >= 15 is 0 Å². The average molecular weight is 536 g/mol. The van der Waals surface area contributed by atoms with E-state index in [0.717, 1.165) is 86.5 Å². The molecule has 2 saturated heterocycles. The van der Waals surface area contributed by atoms with Crippen LogP contribution < -0.4 is 9.64 Å². The zero-order chi connectivity index (χ0) is 26.5. The molecule has 2 aliphatic heterocycles. The third kappa shape index (κ3) is 6.54. The molecule has 202 valence electrons. The Morgan fingerprint density at radius 2 is 1.95 bits per heavy atom. The molecule has 0 amide bonds. The predicted octanol–water partition coefficient (Wildman–Crippen LogP) is 5.53. The quantitative estimate of drug-likeness (QED) is 0.407. The fourth-order valence-corrected chi connectivity index (χ4v) is 6.11. The van der Waals surface area contributed by atoms with E-state index in [4.69, 9.17) is 14.5 Å². The van der Waals surface area contributed by atoms with Crippen LogP contribution in [0.15, 0.2) is 41.8 Å². The van der Waals surface area contributed by atoms with Crippen molar-refractivity contribution in [1.29, 1.82) is 0 Å². The van der Waals surface area contributed by atoms with Crippen molar-refractivity contribution < 1.29 is 19.4 Å². The molecular formula is C30H37N3O4S. The van der Waals surface area contributed by atoms with Gasteiger partial charge in [0.2, 0.25) is 0 Å². The van der Waals surface area contributed by atoms with E-state index in [1.165, 1.54) is 16.7 Å². The molecule has 38 heavy (non-hydrogen) atoms. The first-order valence-electron chi connectivity index (χ1n) is 13.5. The van der Waals surface area contributed by atoms with Crippen molar-refractivity contribution >= 4 is 22.4 Å². The summed E-state index contributed by atoms with van der Waals surface area (Å²) in [7, 11) is 0. The fourth-order valence-electron chi connectivity index (χ4n) is 5.23. The Hall–Kier alpha value is -2.94. The molecular weight excluding hydrogens is 498 g/mol. The Balaban J connectivity index is 1.27. The Bertz CT molecular complexity index is 1250. The summed E-state index contributed by atoms with van der Waals surface area (Å²) in [4.78, 5) is 21.1.